The van der Waals surface area contributed by atoms with Gasteiger partial charge in [-0.1, -0.05) is 0 Å². The summed E-state index contributed by atoms with van der Waals surface area (Å²) in [5, 5.41) is 0. The Hall–Kier alpha value is -1.07. The Balaban J connectivity index is 2.28. The van der Waals surface area contributed by atoms with Crippen LogP contribution in [0.1, 0.15) is 18.7 Å². The van der Waals surface area contributed by atoms with Gasteiger partial charge in [-0.2, -0.15) is 0 Å². The topological polar surface area (TPSA) is 60.2 Å². The lowest BCUT2D eigenvalue weighted by Crippen LogP contribution is -1.96. The molecule has 0 amide bonds. The lowest BCUT2D eigenvalue weighted by molar-refractivity contribution is 0.518. The maximum atomic E-state index is 11.4. The van der Waals surface area contributed by atoms with E-state index in [9.17, 15) is 8.42 Å². The summed E-state index contributed by atoms with van der Waals surface area (Å²) in [6.07, 6.45) is 3.72. The van der Waals surface area contributed by atoms with Crippen LogP contribution in [0.5, 0.6) is 0 Å². The molecular formula is C12H14ClNO3S. The number of hydrogen-bond donors (Lipinski definition) is 0. The molecule has 1 heterocycles. The summed E-state index contributed by atoms with van der Waals surface area (Å²) in [7, 11) is -3.21. The Morgan fingerprint density at radius 3 is 2.78 bits per heavy atom. The summed E-state index contributed by atoms with van der Waals surface area (Å²) in [5.74, 6) is 1.25. The largest absolute Gasteiger partial charge is 0.441 e. The van der Waals surface area contributed by atoms with Crippen LogP contribution in [0.15, 0.2) is 27.5 Å². The first-order valence-electron chi connectivity index (χ1n) is 5.66. The van der Waals surface area contributed by atoms with Gasteiger partial charge in [0.05, 0.1) is 4.90 Å². The molecule has 1 aromatic carbocycles. The molecular weight excluding hydrogens is 274 g/mol. The lowest BCUT2D eigenvalue weighted by Gasteiger charge is -1.95. The van der Waals surface area contributed by atoms with E-state index < -0.39 is 9.84 Å². The van der Waals surface area contributed by atoms with Gasteiger partial charge in [-0.25, -0.2) is 13.4 Å². The number of alkyl halides is 1. The van der Waals surface area contributed by atoms with E-state index in [1.165, 1.54) is 12.3 Å². The van der Waals surface area contributed by atoms with Gasteiger partial charge < -0.3 is 4.42 Å². The van der Waals surface area contributed by atoms with Crippen molar-refractivity contribution in [3.05, 3.63) is 24.1 Å². The number of aryl methyl sites for hydroxylation is 1. The van der Waals surface area contributed by atoms with E-state index in [4.69, 9.17) is 16.0 Å². The normalized spacial score (nSPS) is 12.1. The van der Waals surface area contributed by atoms with E-state index >= 15 is 0 Å². The molecule has 2 aromatic rings. The van der Waals surface area contributed by atoms with Crippen molar-refractivity contribution in [3.63, 3.8) is 0 Å². The Labute approximate surface area is 111 Å². The third kappa shape index (κ3) is 3.03. The number of oxazole rings is 1. The zero-order valence-electron chi connectivity index (χ0n) is 10.0. The monoisotopic (exact) mass is 287 g/mol. The molecule has 2 rings (SSSR count). The standard InChI is InChI=1S/C12H14ClNO3S/c1-18(15,16)9-5-6-11-10(8-9)14-12(17-11)4-2-3-7-13/h5-6,8H,2-4,7H2,1H3. The van der Waals surface area contributed by atoms with Gasteiger partial charge in [-0.15, -0.1) is 11.6 Å². The van der Waals surface area contributed by atoms with Gasteiger partial charge in [0.15, 0.2) is 21.3 Å². The Bertz CT molecular complexity index is 648. The highest BCUT2D eigenvalue weighted by atomic mass is 35.5. The minimum Gasteiger partial charge on any atom is -0.441 e. The van der Waals surface area contributed by atoms with E-state index in [0.29, 0.717) is 22.9 Å². The third-order valence-electron chi connectivity index (χ3n) is 2.61. The molecule has 18 heavy (non-hydrogen) atoms. The maximum absolute atomic E-state index is 11.4. The zero-order valence-corrected chi connectivity index (χ0v) is 11.6. The molecule has 98 valence electrons. The fourth-order valence-electron chi connectivity index (χ4n) is 1.66. The number of benzene rings is 1. The van der Waals surface area contributed by atoms with Crippen LogP contribution in [0.2, 0.25) is 0 Å². The molecule has 0 unspecified atom stereocenters. The van der Waals surface area contributed by atoms with Crippen LogP contribution < -0.4 is 0 Å². The first-order valence-corrected chi connectivity index (χ1v) is 8.09. The van der Waals surface area contributed by atoms with Crippen molar-refractivity contribution in [2.45, 2.75) is 24.2 Å². The van der Waals surface area contributed by atoms with E-state index in [-0.39, 0.29) is 4.90 Å². The lowest BCUT2D eigenvalue weighted by atomic mass is 10.2. The summed E-state index contributed by atoms with van der Waals surface area (Å²) in [4.78, 5) is 4.54. The highest BCUT2D eigenvalue weighted by Crippen LogP contribution is 2.20. The molecule has 0 fully saturated rings. The van der Waals surface area contributed by atoms with Crippen LogP contribution >= 0.6 is 11.6 Å². The number of nitrogens with zero attached hydrogens (tertiary/aromatic N) is 1. The number of sulfone groups is 1. The summed E-state index contributed by atoms with van der Waals surface area (Å²) in [6, 6.07) is 4.72. The second kappa shape index (κ2) is 5.28. The molecule has 1 aromatic heterocycles. The fourth-order valence-corrected chi connectivity index (χ4v) is 2.49. The minimum absolute atomic E-state index is 0.260. The zero-order chi connectivity index (χ0) is 13.2. The first-order chi connectivity index (χ1) is 8.50. The highest BCUT2D eigenvalue weighted by molar-refractivity contribution is 7.90. The second-order valence-electron chi connectivity index (χ2n) is 4.16. The maximum Gasteiger partial charge on any atom is 0.195 e. The predicted molar refractivity (Wildman–Crippen MR) is 70.8 cm³/mol. The van der Waals surface area contributed by atoms with Crippen LogP contribution in [0.25, 0.3) is 11.1 Å². The van der Waals surface area contributed by atoms with E-state index in [2.05, 4.69) is 4.98 Å². The average molecular weight is 288 g/mol. The van der Waals surface area contributed by atoms with E-state index in [1.54, 1.807) is 12.1 Å². The van der Waals surface area contributed by atoms with Gasteiger partial charge in [0.25, 0.3) is 0 Å². The summed E-state index contributed by atoms with van der Waals surface area (Å²) in [6.45, 7) is 0. The van der Waals surface area contributed by atoms with Gasteiger partial charge in [0.1, 0.15) is 5.52 Å². The smallest absolute Gasteiger partial charge is 0.195 e. The number of hydrogen-bond acceptors (Lipinski definition) is 4. The predicted octanol–water partition coefficient (Wildman–Crippen LogP) is 2.79. The SMILES string of the molecule is CS(=O)(=O)c1ccc2oc(CCCCCl)nc2c1. The van der Waals surface area contributed by atoms with Crippen LogP contribution in [0, 0.1) is 0 Å². The minimum atomic E-state index is -3.21. The van der Waals surface area contributed by atoms with Crippen molar-refractivity contribution in [2.75, 3.05) is 12.1 Å². The van der Waals surface area contributed by atoms with Gasteiger partial charge in [0, 0.05) is 18.6 Å². The molecule has 0 saturated carbocycles. The van der Waals surface area contributed by atoms with E-state index in [0.717, 1.165) is 19.3 Å². The van der Waals surface area contributed by atoms with Crippen molar-refractivity contribution in [2.24, 2.45) is 0 Å². The van der Waals surface area contributed by atoms with Gasteiger partial charge >= 0.3 is 0 Å². The Kier molecular flexibility index (Phi) is 3.92. The Morgan fingerprint density at radius 2 is 2.11 bits per heavy atom. The molecule has 4 nitrogen and oxygen atoms in total. The summed E-state index contributed by atoms with van der Waals surface area (Å²) >= 11 is 5.60. The first kappa shape index (κ1) is 13.4. The van der Waals surface area contributed by atoms with Gasteiger partial charge in [-0.05, 0) is 31.0 Å². The molecule has 0 aliphatic carbocycles. The van der Waals surface area contributed by atoms with Crippen LogP contribution in [-0.4, -0.2) is 25.5 Å². The molecule has 0 atom stereocenters. The van der Waals surface area contributed by atoms with Crippen LogP contribution in [0.3, 0.4) is 0 Å². The van der Waals surface area contributed by atoms with Gasteiger partial charge in [-0.3, -0.25) is 0 Å². The van der Waals surface area contributed by atoms with Crippen LogP contribution in [0.4, 0.5) is 0 Å². The van der Waals surface area contributed by atoms with Crippen LogP contribution in [-0.2, 0) is 16.3 Å². The molecule has 0 N–H and O–H groups in total. The molecule has 0 bridgehead atoms. The van der Waals surface area contributed by atoms with Crippen molar-refractivity contribution in [1.29, 1.82) is 0 Å². The van der Waals surface area contributed by atoms with Crippen molar-refractivity contribution in [1.82, 2.24) is 4.98 Å². The van der Waals surface area contributed by atoms with E-state index in [1.807, 2.05) is 0 Å². The second-order valence-corrected chi connectivity index (χ2v) is 6.55. The number of aromatic nitrogens is 1. The van der Waals surface area contributed by atoms with Crippen molar-refractivity contribution >= 4 is 32.5 Å². The van der Waals surface area contributed by atoms with Crippen molar-refractivity contribution in [3.8, 4) is 0 Å². The molecule has 0 aliphatic rings. The summed E-state index contributed by atoms with van der Waals surface area (Å²) in [5.41, 5.74) is 1.20. The molecule has 6 heteroatoms. The summed E-state index contributed by atoms with van der Waals surface area (Å²) < 4.78 is 28.4. The number of fused-ring (bicyclic) bond motifs is 1. The number of halogens is 1. The molecule has 0 spiro atoms. The quantitative estimate of drug-likeness (QED) is 0.627. The third-order valence-corrected chi connectivity index (χ3v) is 3.98. The molecule has 0 saturated heterocycles. The molecule has 0 aliphatic heterocycles. The van der Waals surface area contributed by atoms with Gasteiger partial charge in [0.2, 0.25) is 0 Å². The fraction of sp³-hybridized carbons (Fsp3) is 0.417. The number of rotatable bonds is 5. The van der Waals surface area contributed by atoms with Crippen molar-refractivity contribution < 1.29 is 12.8 Å². The molecule has 0 radical (unpaired) electrons. The Morgan fingerprint density at radius 1 is 1.33 bits per heavy atom. The average Bonchev–Trinajstić information content (AvgIpc) is 2.69. The highest BCUT2D eigenvalue weighted by Gasteiger charge is 2.11. The number of unbranched alkanes of at least 4 members (excludes halogenated alkanes) is 1.